The first kappa shape index (κ1) is 18.3. The number of imidazole rings is 1. The van der Waals surface area contributed by atoms with Crippen LogP contribution in [0, 0.1) is 5.82 Å². The van der Waals surface area contributed by atoms with Gasteiger partial charge in [-0.25, -0.2) is 9.37 Å². The zero-order valence-electron chi connectivity index (χ0n) is 16.3. The van der Waals surface area contributed by atoms with Crippen molar-refractivity contribution in [2.75, 3.05) is 20.6 Å². The number of halogens is 1. The molecule has 1 aliphatic heterocycles. The van der Waals surface area contributed by atoms with Crippen molar-refractivity contribution in [1.82, 2.24) is 19.6 Å². The van der Waals surface area contributed by atoms with Crippen molar-refractivity contribution in [3.05, 3.63) is 59.5 Å². The second kappa shape index (κ2) is 6.93. The number of aromatic nitrogens is 2. The number of hydrogen-bond acceptors (Lipinski definition) is 4. The lowest BCUT2D eigenvalue weighted by atomic mass is 10.0. The fraction of sp³-hybridized carbons (Fsp3) is 0.273. The summed E-state index contributed by atoms with van der Waals surface area (Å²) >= 11 is 1.50. The van der Waals surface area contributed by atoms with E-state index < -0.39 is 0 Å². The summed E-state index contributed by atoms with van der Waals surface area (Å²) in [5.41, 5.74) is 3.74. The second-order valence-corrected chi connectivity index (χ2v) is 8.66. The highest BCUT2D eigenvalue weighted by Crippen LogP contribution is 2.32. The number of nitrogens with one attached hydrogen (secondary N) is 1. The van der Waals surface area contributed by atoms with Crippen LogP contribution in [0.4, 0.5) is 4.39 Å². The maximum Gasteiger partial charge on any atom is 0.253 e. The van der Waals surface area contributed by atoms with Crippen LogP contribution < -0.4 is 5.32 Å². The number of thiazole rings is 1. The molecule has 29 heavy (non-hydrogen) atoms. The van der Waals surface area contributed by atoms with Gasteiger partial charge in [0.15, 0.2) is 4.96 Å². The fourth-order valence-electron chi connectivity index (χ4n) is 3.95. The Morgan fingerprint density at radius 1 is 1.28 bits per heavy atom. The van der Waals surface area contributed by atoms with Crippen LogP contribution in [-0.4, -0.2) is 40.8 Å². The lowest BCUT2D eigenvalue weighted by Gasteiger charge is -2.11. The average Bonchev–Trinajstić information content (AvgIpc) is 3.42. The highest BCUT2D eigenvalue weighted by molar-refractivity contribution is 7.23. The Kier molecular flexibility index (Phi) is 4.37. The lowest BCUT2D eigenvalue weighted by molar-refractivity contribution is 0.0828. The van der Waals surface area contributed by atoms with E-state index in [1.165, 1.54) is 11.3 Å². The minimum atomic E-state index is -0.245. The molecule has 5 nitrogen and oxygen atoms in total. The van der Waals surface area contributed by atoms with Crippen LogP contribution in [0.15, 0.2) is 42.6 Å². The monoisotopic (exact) mass is 408 g/mol. The quantitative estimate of drug-likeness (QED) is 0.544. The summed E-state index contributed by atoms with van der Waals surface area (Å²) in [6.45, 7) is 0.986. The first-order valence-electron chi connectivity index (χ1n) is 9.68. The third-order valence-corrected chi connectivity index (χ3v) is 6.50. The van der Waals surface area contributed by atoms with E-state index in [0.717, 1.165) is 40.1 Å². The zero-order valence-corrected chi connectivity index (χ0v) is 17.1. The Hall–Kier alpha value is -2.77. The largest absolute Gasteiger partial charge is 0.345 e. The summed E-state index contributed by atoms with van der Waals surface area (Å²) in [6, 6.07) is 11.3. The number of benzene rings is 2. The Labute approximate surface area is 171 Å². The highest BCUT2D eigenvalue weighted by Gasteiger charge is 2.19. The molecule has 2 aromatic carbocycles. The van der Waals surface area contributed by atoms with E-state index >= 15 is 0 Å². The maximum absolute atomic E-state index is 14.8. The van der Waals surface area contributed by atoms with Crippen LogP contribution in [0.1, 0.15) is 34.8 Å². The molecule has 1 N–H and O–H groups in total. The van der Waals surface area contributed by atoms with Gasteiger partial charge in [0, 0.05) is 37.5 Å². The molecule has 0 bridgehead atoms. The summed E-state index contributed by atoms with van der Waals surface area (Å²) in [6.07, 6.45) is 4.04. The van der Waals surface area contributed by atoms with Crippen LogP contribution in [0.2, 0.25) is 0 Å². The molecule has 1 fully saturated rings. The normalized spacial score (nSPS) is 16.7. The van der Waals surface area contributed by atoms with Gasteiger partial charge in [0.2, 0.25) is 0 Å². The van der Waals surface area contributed by atoms with Crippen molar-refractivity contribution < 1.29 is 9.18 Å². The minimum absolute atomic E-state index is 0.0301. The number of carbonyl (C=O) groups is 1. The Bertz CT molecular complexity index is 1240. The van der Waals surface area contributed by atoms with E-state index in [9.17, 15) is 9.18 Å². The molecule has 0 spiro atoms. The molecule has 148 valence electrons. The van der Waals surface area contributed by atoms with Gasteiger partial charge in [-0.1, -0.05) is 17.4 Å². The Morgan fingerprint density at radius 3 is 2.86 bits per heavy atom. The topological polar surface area (TPSA) is 49.6 Å². The molecule has 2 aromatic heterocycles. The van der Waals surface area contributed by atoms with Crippen LogP contribution in [0.3, 0.4) is 0 Å². The first-order chi connectivity index (χ1) is 14.0. The third-order valence-electron chi connectivity index (χ3n) is 5.48. The van der Waals surface area contributed by atoms with Crippen LogP contribution in [-0.2, 0) is 0 Å². The van der Waals surface area contributed by atoms with Crippen molar-refractivity contribution in [1.29, 1.82) is 0 Å². The van der Waals surface area contributed by atoms with Gasteiger partial charge in [-0.2, -0.15) is 0 Å². The summed E-state index contributed by atoms with van der Waals surface area (Å²) < 4.78 is 17.8. The van der Waals surface area contributed by atoms with Crippen molar-refractivity contribution >= 4 is 32.4 Å². The molecule has 1 aliphatic rings. The highest BCUT2D eigenvalue weighted by atomic mass is 32.1. The van der Waals surface area contributed by atoms with Crippen molar-refractivity contribution in [3.63, 3.8) is 0 Å². The molecule has 4 aromatic rings. The number of amides is 1. The van der Waals surface area contributed by atoms with Gasteiger partial charge < -0.3 is 10.2 Å². The zero-order chi connectivity index (χ0) is 20.1. The molecule has 5 rings (SSSR count). The van der Waals surface area contributed by atoms with Gasteiger partial charge >= 0.3 is 0 Å². The summed E-state index contributed by atoms with van der Waals surface area (Å²) in [7, 11) is 3.48. The average molecular weight is 409 g/mol. The SMILES string of the molecule is CN(C)C(=O)c1ccc2c(c1)sc1nc(-c3ccc(C4CCCN4)cc3F)cn12. The fourth-order valence-corrected chi connectivity index (χ4v) is 4.99. The van der Waals surface area contributed by atoms with Gasteiger partial charge in [0.1, 0.15) is 5.82 Å². The molecule has 1 amide bonds. The molecule has 1 atom stereocenters. The summed E-state index contributed by atoms with van der Waals surface area (Å²) in [5.74, 6) is -0.275. The van der Waals surface area contributed by atoms with E-state index in [2.05, 4.69) is 10.3 Å². The summed E-state index contributed by atoms with van der Waals surface area (Å²) in [5, 5.41) is 3.40. The molecule has 7 heteroatoms. The molecule has 1 unspecified atom stereocenters. The van der Waals surface area contributed by atoms with Gasteiger partial charge in [-0.15, -0.1) is 0 Å². The van der Waals surface area contributed by atoms with Gasteiger partial charge in [-0.05, 0) is 55.3 Å². The molecule has 0 radical (unpaired) electrons. The maximum atomic E-state index is 14.8. The van der Waals surface area contributed by atoms with E-state index in [-0.39, 0.29) is 17.8 Å². The molecule has 0 saturated carbocycles. The van der Waals surface area contributed by atoms with Gasteiger partial charge in [0.25, 0.3) is 5.91 Å². The second-order valence-electron chi connectivity index (χ2n) is 7.65. The Morgan fingerprint density at radius 2 is 2.14 bits per heavy atom. The number of rotatable bonds is 3. The first-order valence-corrected chi connectivity index (χ1v) is 10.5. The van der Waals surface area contributed by atoms with Crippen LogP contribution in [0.5, 0.6) is 0 Å². The van der Waals surface area contributed by atoms with E-state index in [1.807, 2.05) is 40.9 Å². The predicted molar refractivity (Wildman–Crippen MR) is 114 cm³/mol. The van der Waals surface area contributed by atoms with Crippen LogP contribution in [0.25, 0.3) is 26.4 Å². The molecule has 3 heterocycles. The van der Waals surface area contributed by atoms with Gasteiger partial charge in [0.05, 0.1) is 15.9 Å². The van der Waals surface area contributed by atoms with E-state index in [0.29, 0.717) is 16.8 Å². The molecular formula is C22H21FN4OS. The number of fused-ring (bicyclic) bond motifs is 3. The van der Waals surface area contributed by atoms with Crippen molar-refractivity contribution in [3.8, 4) is 11.3 Å². The van der Waals surface area contributed by atoms with E-state index in [1.54, 1.807) is 25.1 Å². The van der Waals surface area contributed by atoms with Crippen molar-refractivity contribution in [2.45, 2.75) is 18.9 Å². The number of nitrogens with zero attached hydrogens (tertiary/aromatic N) is 3. The molecular weight excluding hydrogens is 387 g/mol. The van der Waals surface area contributed by atoms with Gasteiger partial charge in [-0.3, -0.25) is 9.20 Å². The Balaban J connectivity index is 1.52. The molecule has 1 saturated heterocycles. The number of hydrogen-bond donors (Lipinski definition) is 1. The van der Waals surface area contributed by atoms with Crippen molar-refractivity contribution in [2.24, 2.45) is 0 Å². The summed E-state index contributed by atoms with van der Waals surface area (Å²) in [4.78, 5) is 19.2. The predicted octanol–water partition coefficient (Wildman–Crippen LogP) is 4.48. The van der Waals surface area contributed by atoms with Crippen LogP contribution >= 0.6 is 11.3 Å². The standard InChI is InChI=1S/C22H21FN4OS/c1-26(2)21(28)14-6-8-19-20(11-14)29-22-25-18(12-27(19)22)15-7-5-13(10-16(15)23)17-4-3-9-24-17/h5-8,10-12,17,24H,3-4,9H2,1-2H3. The minimum Gasteiger partial charge on any atom is -0.345 e. The molecule has 0 aliphatic carbocycles. The third kappa shape index (κ3) is 3.10. The smallest absolute Gasteiger partial charge is 0.253 e. The van der Waals surface area contributed by atoms with E-state index in [4.69, 9.17) is 0 Å². The number of carbonyl (C=O) groups excluding carboxylic acids is 1. The lowest BCUT2D eigenvalue weighted by Crippen LogP contribution is -2.21.